The van der Waals surface area contributed by atoms with Gasteiger partial charge in [-0.05, 0) is 76.0 Å². The van der Waals surface area contributed by atoms with E-state index >= 15 is 0 Å². The number of benzene rings is 1. The van der Waals surface area contributed by atoms with Crippen molar-refractivity contribution < 1.29 is 4.79 Å². The molecule has 150 valence electrons. The highest BCUT2D eigenvalue weighted by molar-refractivity contribution is 7.22. The summed E-state index contributed by atoms with van der Waals surface area (Å²) in [6.45, 7) is 6.82. The molecule has 0 bridgehead atoms. The molecule has 4 rings (SSSR count). The van der Waals surface area contributed by atoms with Gasteiger partial charge in [0.05, 0.1) is 16.1 Å². The number of amides is 1. The van der Waals surface area contributed by atoms with Crippen LogP contribution in [0.1, 0.15) is 56.1 Å². The number of aromatic nitrogens is 1. The van der Waals surface area contributed by atoms with Gasteiger partial charge in [-0.2, -0.15) is 0 Å². The van der Waals surface area contributed by atoms with Crippen molar-refractivity contribution in [2.24, 2.45) is 5.92 Å². The molecule has 0 radical (unpaired) electrons. The van der Waals surface area contributed by atoms with E-state index in [0.717, 1.165) is 49.5 Å². The molecule has 2 aliphatic rings. The van der Waals surface area contributed by atoms with Crippen molar-refractivity contribution in [3.05, 3.63) is 34.9 Å². The lowest BCUT2D eigenvalue weighted by Crippen LogP contribution is -2.43. The van der Waals surface area contributed by atoms with E-state index in [9.17, 15) is 4.79 Å². The van der Waals surface area contributed by atoms with Crippen molar-refractivity contribution in [1.82, 2.24) is 10.3 Å². The summed E-state index contributed by atoms with van der Waals surface area (Å²) in [5.41, 5.74) is 5.15. The molecule has 0 saturated carbocycles. The number of aryl methyl sites for hydroxylation is 2. The molecule has 1 aromatic carbocycles. The highest BCUT2D eigenvalue weighted by atomic mass is 32.1. The van der Waals surface area contributed by atoms with Crippen molar-refractivity contribution in [3.8, 4) is 0 Å². The molecule has 1 fully saturated rings. The number of nitrogens with one attached hydrogen (secondary N) is 1. The van der Waals surface area contributed by atoms with Crippen LogP contribution in [0, 0.1) is 19.8 Å². The molecule has 1 saturated heterocycles. The minimum absolute atomic E-state index is 0.0731. The number of piperidine rings is 1. The highest BCUT2D eigenvalue weighted by Crippen LogP contribution is 2.33. The number of carbonyl (C=O) groups is 1. The van der Waals surface area contributed by atoms with Crippen LogP contribution in [0.5, 0.6) is 0 Å². The van der Waals surface area contributed by atoms with Gasteiger partial charge >= 0.3 is 0 Å². The first kappa shape index (κ1) is 19.4. The van der Waals surface area contributed by atoms with E-state index in [1.807, 2.05) is 0 Å². The van der Waals surface area contributed by atoms with Gasteiger partial charge in [0.25, 0.3) is 0 Å². The third kappa shape index (κ3) is 4.40. The number of allylic oxidation sites excluding steroid dienone is 1. The Kier molecular flexibility index (Phi) is 6.00. The minimum Gasteiger partial charge on any atom is -0.355 e. The fourth-order valence-corrected chi connectivity index (χ4v) is 5.66. The lowest BCUT2D eigenvalue weighted by atomic mass is 9.96. The Morgan fingerprint density at radius 2 is 2.18 bits per heavy atom. The summed E-state index contributed by atoms with van der Waals surface area (Å²) < 4.78 is 1.25. The first-order valence-corrected chi connectivity index (χ1v) is 11.5. The van der Waals surface area contributed by atoms with E-state index < -0.39 is 0 Å². The third-order valence-corrected chi connectivity index (χ3v) is 7.07. The van der Waals surface area contributed by atoms with E-state index in [1.54, 1.807) is 11.3 Å². The van der Waals surface area contributed by atoms with Crippen LogP contribution in [0.2, 0.25) is 0 Å². The molecule has 4 nitrogen and oxygen atoms in total. The average Bonchev–Trinajstić information content (AvgIpc) is 3.13. The van der Waals surface area contributed by atoms with Gasteiger partial charge in [-0.25, -0.2) is 4.98 Å². The summed E-state index contributed by atoms with van der Waals surface area (Å²) in [6, 6.07) is 4.41. The molecule has 2 heterocycles. The number of hydrogen-bond acceptors (Lipinski definition) is 4. The van der Waals surface area contributed by atoms with E-state index in [4.69, 9.17) is 4.98 Å². The van der Waals surface area contributed by atoms with Crippen LogP contribution in [0.3, 0.4) is 0 Å². The number of nitrogens with zero attached hydrogens (tertiary/aromatic N) is 2. The lowest BCUT2D eigenvalue weighted by molar-refractivity contribution is -0.125. The molecule has 1 N–H and O–H groups in total. The quantitative estimate of drug-likeness (QED) is 0.711. The zero-order valence-corrected chi connectivity index (χ0v) is 17.9. The summed E-state index contributed by atoms with van der Waals surface area (Å²) in [4.78, 5) is 19.9. The van der Waals surface area contributed by atoms with Gasteiger partial charge < -0.3 is 10.2 Å². The second-order valence-corrected chi connectivity index (χ2v) is 9.37. The van der Waals surface area contributed by atoms with Crippen molar-refractivity contribution in [1.29, 1.82) is 0 Å². The largest absolute Gasteiger partial charge is 0.355 e. The van der Waals surface area contributed by atoms with Gasteiger partial charge in [0, 0.05) is 19.6 Å². The predicted octanol–water partition coefficient (Wildman–Crippen LogP) is 5.14. The van der Waals surface area contributed by atoms with Crippen molar-refractivity contribution in [2.75, 3.05) is 24.5 Å². The first-order chi connectivity index (χ1) is 13.6. The van der Waals surface area contributed by atoms with Crippen LogP contribution in [-0.4, -0.2) is 30.5 Å². The van der Waals surface area contributed by atoms with Crippen LogP contribution in [0.25, 0.3) is 10.2 Å². The maximum absolute atomic E-state index is 12.7. The normalized spacial score (nSPS) is 20.3. The molecular formula is C23H31N3OS. The van der Waals surface area contributed by atoms with Crippen LogP contribution in [0.15, 0.2) is 23.8 Å². The number of fused-ring (bicyclic) bond motifs is 1. The molecule has 1 atom stereocenters. The second-order valence-electron chi connectivity index (χ2n) is 8.36. The highest BCUT2D eigenvalue weighted by Gasteiger charge is 2.27. The standard InChI is InChI=1S/C23H31N3OS/c1-16-13-17(2)21-20(14-16)28-23(25-21)26-12-6-9-19(15-26)22(27)24-11-10-18-7-4-3-5-8-18/h7,13-14,19H,3-6,8-12,15H2,1-2H3,(H,24,27)/t19-/m1/s1. The van der Waals surface area contributed by atoms with Gasteiger partial charge in [-0.15, -0.1) is 0 Å². The Morgan fingerprint density at radius 3 is 3.00 bits per heavy atom. The third-order valence-electron chi connectivity index (χ3n) is 6.01. The van der Waals surface area contributed by atoms with Crippen LogP contribution >= 0.6 is 11.3 Å². The van der Waals surface area contributed by atoms with E-state index in [0.29, 0.717) is 0 Å². The summed E-state index contributed by atoms with van der Waals surface area (Å²) >= 11 is 1.76. The zero-order chi connectivity index (χ0) is 19.5. The molecule has 0 spiro atoms. The predicted molar refractivity (Wildman–Crippen MR) is 118 cm³/mol. The van der Waals surface area contributed by atoms with Gasteiger partial charge in [0.2, 0.25) is 5.91 Å². The average molecular weight is 398 g/mol. The molecule has 1 aromatic heterocycles. The minimum atomic E-state index is 0.0731. The monoisotopic (exact) mass is 397 g/mol. The topological polar surface area (TPSA) is 45.2 Å². The Labute approximate surface area is 172 Å². The van der Waals surface area contributed by atoms with E-state index in [-0.39, 0.29) is 11.8 Å². The molecule has 2 aromatic rings. The Morgan fingerprint density at radius 1 is 1.29 bits per heavy atom. The van der Waals surface area contributed by atoms with Gasteiger partial charge in [0.15, 0.2) is 5.13 Å². The summed E-state index contributed by atoms with van der Waals surface area (Å²) in [7, 11) is 0. The molecule has 1 aliphatic heterocycles. The fourth-order valence-electron chi connectivity index (χ4n) is 4.48. The van der Waals surface area contributed by atoms with Crippen molar-refractivity contribution in [2.45, 2.75) is 58.8 Å². The SMILES string of the molecule is Cc1cc(C)c2nc(N3CCC[C@@H](C(=O)NCCC4=CCCCC4)C3)sc2c1. The van der Waals surface area contributed by atoms with Gasteiger partial charge in [-0.3, -0.25) is 4.79 Å². The maximum Gasteiger partial charge on any atom is 0.224 e. The smallest absolute Gasteiger partial charge is 0.224 e. The van der Waals surface area contributed by atoms with E-state index in [1.165, 1.54) is 47.1 Å². The molecule has 28 heavy (non-hydrogen) atoms. The zero-order valence-electron chi connectivity index (χ0n) is 17.1. The molecule has 1 aliphatic carbocycles. The molecule has 5 heteroatoms. The van der Waals surface area contributed by atoms with Crippen LogP contribution in [0.4, 0.5) is 5.13 Å². The van der Waals surface area contributed by atoms with Crippen LogP contribution in [-0.2, 0) is 4.79 Å². The summed E-state index contributed by atoms with van der Waals surface area (Å²) in [6.07, 6.45) is 10.5. The fraction of sp³-hybridized carbons (Fsp3) is 0.565. The number of anilines is 1. The van der Waals surface area contributed by atoms with Gasteiger partial charge in [-0.1, -0.05) is 29.1 Å². The van der Waals surface area contributed by atoms with Crippen molar-refractivity contribution in [3.63, 3.8) is 0 Å². The summed E-state index contributed by atoms with van der Waals surface area (Å²) in [5.74, 6) is 0.290. The first-order valence-electron chi connectivity index (χ1n) is 10.7. The molecule has 1 amide bonds. The summed E-state index contributed by atoms with van der Waals surface area (Å²) in [5, 5.41) is 4.25. The molecule has 0 unspecified atom stereocenters. The lowest BCUT2D eigenvalue weighted by Gasteiger charge is -2.31. The van der Waals surface area contributed by atoms with Gasteiger partial charge in [0.1, 0.15) is 0 Å². The molecular weight excluding hydrogens is 366 g/mol. The van der Waals surface area contributed by atoms with Crippen LogP contribution < -0.4 is 10.2 Å². The number of thiazole rings is 1. The number of carbonyl (C=O) groups excluding carboxylic acids is 1. The Bertz CT molecular complexity index is 885. The van der Waals surface area contributed by atoms with Crippen molar-refractivity contribution >= 4 is 32.6 Å². The number of rotatable bonds is 5. The maximum atomic E-state index is 12.7. The number of hydrogen-bond donors (Lipinski definition) is 1. The Hall–Kier alpha value is -1.88. The second kappa shape index (κ2) is 8.64. The van der Waals surface area contributed by atoms with E-state index in [2.05, 4.69) is 42.3 Å². The Balaban J connectivity index is 1.36.